The van der Waals surface area contributed by atoms with E-state index in [1.165, 1.54) is 0 Å². The van der Waals surface area contributed by atoms with E-state index in [2.05, 4.69) is 30.0 Å². The van der Waals surface area contributed by atoms with E-state index in [4.69, 9.17) is 33.2 Å². The Balaban J connectivity index is 2.69. The van der Waals surface area contributed by atoms with E-state index in [0.717, 1.165) is 18.9 Å². The second kappa shape index (κ2) is 10.3. The van der Waals surface area contributed by atoms with Gasteiger partial charge in [-0.05, 0) is 48.8 Å². The molecule has 134 valence electrons. The number of aliphatic hydroxyl groups is 1. The summed E-state index contributed by atoms with van der Waals surface area (Å²) in [5.41, 5.74) is 9.42. The predicted molar refractivity (Wildman–Crippen MR) is 102 cm³/mol. The monoisotopic (exact) mass is 389 g/mol. The van der Waals surface area contributed by atoms with E-state index in [1.54, 1.807) is 18.2 Å². The molecule has 0 aliphatic heterocycles. The lowest BCUT2D eigenvalue weighted by atomic mass is 10.0. The smallest absolute Gasteiger partial charge is 0.186 e. The molecular weight excluding hydrogens is 365 g/mol. The normalized spacial score (nSPS) is 14.1. The van der Waals surface area contributed by atoms with Crippen molar-refractivity contribution in [3.63, 3.8) is 0 Å². The summed E-state index contributed by atoms with van der Waals surface area (Å²) in [7, 11) is -1.69. The summed E-state index contributed by atoms with van der Waals surface area (Å²) >= 11 is 11.9. The fraction of sp³-hybridized carbons (Fsp3) is 0.625. The number of halogens is 2. The fourth-order valence-corrected chi connectivity index (χ4v) is 4.73. The average molecular weight is 390 g/mol. The molecule has 0 bridgehead atoms. The van der Waals surface area contributed by atoms with Crippen LogP contribution in [0, 0.1) is 0 Å². The molecule has 0 spiro atoms. The van der Waals surface area contributed by atoms with Crippen LogP contribution < -0.4 is 0 Å². The van der Waals surface area contributed by atoms with Crippen LogP contribution in [0.4, 0.5) is 0 Å². The number of aliphatic hydroxyl groups excluding tert-OH is 1. The molecule has 1 aromatic carbocycles. The summed E-state index contributed by atoms with van der Waals surface area (Å²) in [6, 6.07) is 5.34. The summed E-state index contributed by atoms with van der Waals surface area (Å²) in [6.07, 6.45) is 1.87. The average Bonchev–Trinajstić information content (AvgIpc) is 2.53. The molecule has 1 aromatic rings. The van der Waals surface area contributed by atoms with Gasteiger partial charge in [0.15, 0.2) is 8.32 Å². The largest absolute Gasteiger partial charge is 0.417 e. The van der Waals surface area contributed by atoms with Crippen molar-refractivity contribution in [3.8, 4) is 0 Å². The van der Waals surface area contributed by atoms with E-state index < -0.39 is 20.5 Å². The van der Waals surface area contributed by atoms with Gasteiger partial charge in [0.1, 0.15) is 0 Å². The molecule has 0 aliphatic carbocycles. The first-order valence-corrected chi connectivity index (χ1v) is 12.0. The lowest BCUT2D eigenvalue weighted by Crippen LogP contribution is -2.32. The van der Waals surface area contributed by atoms with Gasteiger partial charge in [-0.3, -0.25) is 0 Å². The first-order valence-electron chi connectivity index (χ1n) is 8.12. The highest BCUT2D eigenvalue weighted by Crippen LogP contribution is 2.30. The Morgan fingerprint density at radius 3 is 2.62 bits per heavy atom. The summed E-state index contributed by atoms with van der Waals surface area (Å²) in [5, 5.41) is 14.9. The summed E-state index contributed by atoms with van der Waals surface area (Å²) in [4.78, 5) is 2.84. The Hall–Kier alpha value is -0.753. The Morgan fingerprint density at radius 2 is 2.04 bits per heavy atom. The minimum Gasteiger partial charge on any atom is -0.417 e. The van der Waals surface area contributed by atoms with Crippen molar-refractivity contribution in [1.29, 1.82) is 0 Å². The topological polar surface area (TPSA) is 78.2 Å². The van der Waals surface area contributed by atoms with Crippen molar-refractivity contribution in [2.24, 2.45) is 5.11 Å². The zero-order valence-corrected chi connectivity index (χ0v) is 16.9. The van der Waals surface area contributed by atoms with Gasteiger partial charge in [-0.2, -0.15) is 0 Å². The van der Waals surface area contributed by atoms with Crippen LogP contribution in [0.2, 0.25) is 29.2 Å². The maximum absolute atomic E-state index is 10.4. The molecule has 0 aliphatic rings. The molecule has 1 N–H and O–H groups in total. The molecule has 1 rings (SSSR count). The van der Waals surface area contributed by atoms with Crippen LogP contribution in [0.15, 0.2) is 23.3 Å². The number of rotatable bonds is 10. The zero-order valence-electron chi connectivity index (χ0n) is 14.4. The lowest BCUT2D eigenvalue weighted by Gasteiger charge is -2.25. The van der Waals surface area contributed by atoms with Crippen LogP contribution in [0.1, 0.15) is 37.8 Å². The van der Waals surface area contributed by atoms with E-state index in [9.17, 15) is 5.11 Å². The van der Waals surface area contributed by atoms with Gasteiger partial charge in [0.25, 0.3) is 0 Å². The van der Waals surface area contributed by atoms with Gasteiger partial charge in [0.05, 0.1) is 22.2 Å². The Morgan fingerprint density at radius 1 is 1.33 bits per heavy atom. The van der Waals surface area contributed by atoms with Crippen LogP contribution in [0.3, 0.4) is 0 Å². The van der Waals surface area contributed by atoms with Gasteiger partial charge in [-0.25, -0.2) is 0 Å². The molecule has 0 saturated carbocycles. The molecule has 5 nitrogen and oxygen atoms in total. The highest BCUT2D eigenvalue weighted by Gasteiger charge is 2.24. The van der Waals surface area contributed by atoms with Crippen LogP contribution in [-0.2, 0) is 4.43 Å². The third-order valence-corrected chi connectivity index (χ3v) is 7.15. The minimum atomic E-state index is -1.69. The van der Waals surface area contributed by atoms with Gasteiger partial charge in [-0.15, -0.1) is 0 Å². The van der Waals surface area contributed by atoms with Crippen LogP contribution in [0.5, 0.6) is 0 Å². The number of azide groups is 1. The van der Waals surface area contributed by atoms with Gasteiger partial charge < -0.3 is 9.53 Å². The molecule has 24 heavy (non-hydrogen) atoms. The highest BCUT2D eigenvalue weighted by atomic mass is 35.5. The number of hydrogen-bond donors (Lipinski definition) is 1. The third kappa shape index (κ3) is 7.01. The molecule has 0 saturated heterocycles. The quantitative estimate of drug-likeness (QED) is 0.226. The van der Waals surface area contributed by atoms with Gasteiger partial charge in [0.2, 0.25) is 0 Å². The number of unbranched alkanes of at least 4 members (excludes halogenated alkanes) is 1. The van der Waals surface area contributed by atoms with Crippen molar-refractivity contribution in [2.75, 3.05) is 6.61 Å². The standard InChI is InChI=1S/C16H25Cl2N3O2Si/c1-4-5-10-24(2,3)23-9-8-15(22)16(20-21-19)12-6-7-13(17)14(18)11-12/h6-7,11,15-16,22H,4-5,8-10H2,1-3H3. The van der Waals surface area contributed by atoms with Crippen LogP contribution in [-0.4, -0.2) is 26.1 Å². The van der Waals surface area contributed by atoms with E-state index >= 15 is 0 Å². The van der Waals surface area contributed by atoms with Crippen molar-refractivity contribution in [1.82, 2.24) is 0 Å². The lowest BCUT2D eigenvalue weighted by molar-refractivity contribution is 0.112. The van der Waals surface area contributed by atoms with E-state index in [0.29, 0.717) is 28.6 Å². The van der Waals surface area contributed by atoms with Crippen molar-refractivity contribution in [3.05, 3.63) is 44.3 Å². The number of nitrogens with zero attached hydrogens (tertiary/aromatic N) is 3. The first kappa shape index (κ1) is 21.3. The molecule has 0 fully saturated rings. The molecular formula is C16H25Cl2N3O2Si. The van der Waals surface area contributed by atoms with Gasteiger partial charge in [0, 0.05) is 11.5 Å². The summed E-state index contributed by atoms with van der Waals surface area (Å²) in [5.74, 6) is 0. The number of hydrogen-bond acceptors (Lipinski definition) is 3. The SMILES string of the molecule is CCCC[Si](C)(C)OCCC(O)C(N=[N+]=[N-])c1ccc(Cl)c(Cl)c1. The minimum absolute atomic E-state index is 0.365. The fourth-order valence-electron chi connectivity index (χ4n) is 2.41. The Bertz CT molecular complexity index is 580. The van der Waals surface area contributed by atoms with E-state index in [-0.39, 0.29) is 0 Å². The predicted octanol–water partition coefficient (Wildman–Crippen LogP) is 6.12. The molecule has 8 heteroatoms. The van der Waals surface area contributed by atoms with Crippen LogP contribution >= 0.6 is 23.2 Å². The first-order chi connectivity index (χ1) is 11.3. The molecule has 2 atom stereocenters. The third-order valence-electron chi connectivity index (χ3n) is 3.86. The van der Waals surface area contributed by atoms with Crippen LogP contribution in [0.25, 0.3) is 10.4 Å². The molecule has 0 amide bonds. The molecule has 0 heterocycles. The Kier molecular flexibility index (Phi) is 9.12. The Labute approximate surface area is 154 Å². The van der Waals surface area contributed by atoms with Crippen molar-refractivity contribution >= 4 is 31.5 Å². The molecule has 2 unspecified atom stereocenters. The maximum atomic E-state index is 10.4. The van der Waals surface area contributed by atoms with E-state index in [1.807, 2.05) is 0 Å². The molecule has 0 aromatic heterocycles. The van der Waals surface area contributed by atoms with Crippen molar-refractivity contribution < 1.29 is 9.53 Å². The highest BCUT2D eigenvalue weighted by molar-refractivity contribution is 6.71. The van der Waals surface area contributed by atoms with Gasteiger partial charge >= 0.3 is 0 Å². The van der Waals surface area contributed by atoms with Crippen molar-refractivity contribution in [2.45, 2.75) is 57.5 Å². The summed E-state index contributed by atoms with van der Waals surface area (Å²) in [6.45, 7) is 6.97. The maximum Gasteiger partial charge on any atom is 0.186 e. The zero-order chi connectivity index (χ0) is 18.2. The van der Waals surface area contributed by atoms with Gasteiger partial charge in [-0.1, -0.05) is 54.1 Å². The molecule has 0 radical (unpaired) electrons. The second-order valence-electron chi connectivity index (χ2n) is 6.39. The number of benzene rings is 1. The summed E-state index contributed by atoms with van der Waals surface area (Å²) < 4.78 is 6.01. The second-order valence-corrected chi connectivity index (χ2v) is 11.5.